The van der Waals surface area contributed by atoms with Gasteiger partial charge in [0, 0.05) is 15.6 Å². The molecular weight excluding hydrogens is 357 g/mol. The van der Waals surface area contributed by atoms with Gasteiger partial charge in [0.15, 0.2) is 11.5 Å². The Balaban J connectivity index is 2.28. The van der Waals surface area contributed by atoms with Gasteiger partial charge in [0.1, 0.15) is 6.61 Å². The van der Waals surface area contributed by atoms with Crippen molar-refractivity contribution >= 4 is 34.8 Å². The van der Waals surface area contributed by atoms with Crippen molar-refractivity contribution in [2.45, 2.75) is 20.0 Å². The lowest BCUT2D eigenvalue weighted by Gasteiger charge is -2.16. The summed E-state index contributed by atoms with van der Waals surface area (Å²) in [4.78, 5) is 0. The lowest BCUT2D eigenvalue weighted by molar-refractivity contribution is 0.269. The fraction of sp³-hybridized carbons (Fsp3) is 0.294. The van der Waals surface area contributed by atoms with Crippen molar-refractivity contribution in [1.82, 2.24) is 0 Å². The molecule has 0 heterocycles. The van der Waals surface area contributed by atoms with Gasteiger partial charge < -0.3 is 15.2 Å². The highest BCUT2D eigenvalue weighted by atomic mass is 35.5. The molecular formula is C17H18Cl3NO2. The van der Waals surface area contributed by atoms with E-state index in [1.54, 1.807) is 18.2 Å². The Bertz CT molecular complexity index is 657. The zero-order valence-electron chi connectivity index (χ0n) is 12.7. The number of hydrogen-bond donors (Lipinski definition) is 1. The summed E-state index contributed by atoms with van der Waals surface area (Å²) in [5.74, 6) is 1.07. The summed E-state index contributed by atoms with van der Waals surface area (Å²) in [6, 6.07) is 9.05. The Morgan fingerprint density at radius 3 is 2.30 bits per heavy atom. The smallest absolute Gasteiger partial charge is 0.180 e. The SMILES string of the molecule is CCOc1cc(CCN)cc(Cl)c1OCc1c(Cl)cccc1Cl. The number of halogens is 3. The second-order valence-electron chi connectivity index (χ2n) is 4.87. The summed E-state index contributed by atoms with van der Waals surface area (Å²) >= 11 is 18.7. The Labute approximate surface area is 151 Å². The molecule has 2 aromatic rings. The molecule has 2 N–H and O–H groups in total. The van der Waals surface area contributed by atoms with Crippen molar-refractivity contribution in [3.05, 3.63) is 56.5 Å². The maximum absolute atomic E-state index is 6.34. The molecule has 0 fully saturated rings. The average molecular weight is 375 g/mol. The number of rotatable bonds is 7. The van der Waals surface area contributed by atoms with Crippen molar-refractivity contribution in [2.75, 3.05) is 13.2 Å². The van der Waals surface area contributed by atoms with Crippen LogP contribution in [0.1, 0.15) is 18.1 Å². The fourth-order valence-corrected chi connectivity index (χ4v) is 2.94. The monoisotopic (exact) mass is 373 g/mol. The summed E-state index contributed by atoms with van der Waals surface area (Å²) in [7, 11) is 0. The van der Waals surface area contributed by atoms with Crippen LogP contribution in [0.15, 0.2) is 30.3 Å². The normalized spacial score (nSPS) is 10.7. The molecule has 124 valence electrons. The van der Waals surface area contributed by atoms with Gasteiger partial charge in [0.2, 0.25) is 0 Å². The van der Waals surface area contributed by atoms with Gasteiger partial charge in [-0.1, -0.05) is 40.9 Å². The van der Waals surface area contributed by atoms with Crippen molar-refractivity contribution in [3.8, 4) is 11.5 Å². The maximum Gasteiger partial charge on any atom is 0.180 e. The molecule has 0 unspecified atom stereocenters. The molecule has 2 aromatic carbocycles. The third-order valence-corrected chi connectivity index (χ3v) is 4.21. The second kappa shape index (κ2) is 8.65. The van der Waals surface area contributed by atoms with Crippen LogP contribution in [0.25, 0.3) is 0 Å². The minimum Gasteiger partial charge on any atom is -0.490 e. The van der Waals surface area contributed by atoms with Crippen LogP contribution in [0.4, 0.5) is 0 Å². The quantitative estimate of drug-likeness (QED) is 0.731. The fourth-order valence-electron chi connectivity index (χ4n) is 2.15. The highest BCUT2D eigenvalue weighted by Crippen LogP contribution is 2.38. The third kappa shape index (κ3) is 4.67. The molecule has 23 heavy (non-hydrogen) atoms. The van der Waals surface area contributed by atoms with Crippen LogP contribution in [0, 0.1) is 0 Å². The van der Waals surface area contributed by atoms with Crippen molar-refractivity contribution in [2.24, 2.45) is 5.73 Å². The predicted octanol–water partition coefficient (Wildman–Crippen LogP) is 5.13. The first kappa shape index (κ1) is 18.2. The van der Waals surface area contributed by atoms with Gasteiger partial charge >= 0.3 is 0 Å². The van der Waals surface area contributed by atoms with Gasteiger partial charge in [-0.15, -0.1) is 0 Å². The first-order valence-corrected chi connectivity index (χ1v) is 8.41. The summed E-state index contributed by atoms with van der Waals surface area (Å²) in [5, 5.41) is 1.57. The Morgan fingerprint density at radius 1 is 1.00 bits per heavy atom. The van der Waals surface area contributed by atoms with E-state index in [2.05, 4.69) is 0 Å². The molecule has 0 radical (unpaired) electrons. The summed E-state index contributed by atoms with van der Waals surface area (Å²) in [6.07, 6.45) is 0.719. The van der Waals surface area contributed by atoms with Crippen LogP contribution in [0.3, 0.4) is 0 Å². The lowest BCUT2D eigenvalue weighted by atomic mass is 10.1. The lowest BCUT2D eigenvalue weighted by Crippen LogP contribution is -2.05. The highest BCUT2D eigenvalue weighted by molar-refractivity contribution is 6.36. The van der Waals surface area contributed by atoms with E-state index >= 15 is 0 Å². The maximum atomic E-state index is 6.34. The molecule has 0 saturated carbocycles. The van der Waals surface area contributed by atoms with E-state index in [-0.39, 0.29) is 6.61 Å². The zero-order chi connectivity index (χ0) is 16.8. The minimum absolute atomic E-state index is 0.203. The summed E-state index contributed by atoms with van der Waals surface area (Å²) < 4.78 is 11.5. The van der Waals surface area contributed by atoms with Crippen molar-refractivity contribution in [1.29, 1.82) is 0 Å². The largest absolute Gasteiger partial charge is 0.490 e. The standard InChI is InChI=1S/C17H18Cl3NO2/c1-2-22-16-9-11(6-7-21)8-15(20)17(16)23-10-12-13(18)4-3-5-14(12)19/h3-5,8-9H,2,6-7,10,21H2,1H3. The average Bonchev–Trinajstić information content (AvgIpc) is 2.49. The van der Waals surface area contributed by atoms with Crippen LogP contribution < -0.4 is 15.2 Å². The first-order valence-electron chi connectivity index (χ1n) is 7.27. The molecule has 0 atom stereocenters. The molecule has 0 aliphatic rings. The van der Waals surface area contributed by atoms with Gasteiger partial charge in [-0.3, -0.25) is 0 Å². The van der Waals surface area contributed by atoms with Crippen LogP contribution in [-0.4, -0.2) is 13.2 Å². The molecule has 0 amide bonds. The topological polar surface area (TPSA) is 44.5 Å². The van der Waals surface area contributed by atoms with Gasteiger partial charge in [0.05, 0.1) is 11.6 Å². The van der Waals surface area contributed by atoms with E-state index < -0.39 is 0 Å². The second-order valence-corrected chi connectivity index (χ2v) is 6.09. The molecule has 0 aliphatic carbocycles. The van der Waals surface area contributed by atoms with E-state index in [0.717, 1.165) is 12.0 Å². The van der Waals surface area contributed by atoms with E-state index in [1.807, 2.05) is 19.1 Å². The number of hydrogen-bond acceptors (Lipinski definition) is 3. The van der Waals surface area contributed by atoms with Crippen LogP contribution >= 0.6 is 34.8 Å². The molecule has 2 rings (SSSR count). The molecule has 3 nitrogen and oxygen atoms in total. The molecule has 0 spiro atoms. The van der Waals surface area contributed by atoms with Crippen LogP contribution in [0.5, 0.6) is 11.5 Å². The summed E-state index contributed by atoms with van der Waals surface area (Å²) in [6.45, 7) is 3.15. The van der Waals surface area contributed by atoms with E-state index in [1.165, 1.54) is 0 Å². The van der Waals surface area contributed by atoms with Crippen LogP contribution in [-0.2, 0) is 13.0 Å². The van der Waals surface area contributed by atoms with Crippen molar-refractivity contribution in [3.63, 3.8) is 0 Å². The Kier molecular flexibility index (Phi) is 6.85. The van der Waals surface area contributed by atoms with Gasteiger partial charge in [-0.05, 0) is 49.7 Å². The Hall–Kier alpha value is -1.13. The Morgan fingerprint density at radius 2 is 1.70 bits per heavy atom. The number of benzene rings is 2. The van der Waals surface area contributed by atoms with Gasteiger partial charge in [-0.25, -0.2) is 0 Å². The van der Waals surface area contributed by atoms with Gasteiger partial charge in [0.25, 0.3) is 0 Å². The molecule has 0 bridgehead atoms. The zero-order valence-corrected chi connectivity index (χ0v) is 15.0. The van der Waals surface area contributed by atoms with Gasteiger partial charge in [-0.2, -0.15) is 0 Å². The molecule has 0 aromatic heterocycles. The van der Waals surface area contributed by atoms with E-state index in [9.17, 15) is 0 Å². The third-order valence-electron chi connectivity index (χ3n) is 3.22. The first-order chi connectivity index (χ1) is 11.1. The van der Waals surface area contributed by atoms with Crippen LogP contribution in [0.2, 0.25) is 15.1 Å². The number of nitrogens with two attached hydrogens (primary N) is 1. The predicted molar refractivity (Wildman–Crippen MR) is 96.2 cm³/mol. The molecule has 0 aliphatic heterocycles. The molecule has 0 saturated heterocycles. The highest BCUT2D eigenvalue weighted by Gasteiger charge is 2.14. The number of ether oxygens (including phenoxy) is 2. The minimum atomic E-state index is 0.203. The van der Waals surface area contributed by atoms with E-state index in [4.69, 9.17) is 50.0 Å². The summed E-state index contributed by atoms with van der Waals surface area (Å²) in [5.41, 5.74) is 7.31. The van der Waals surface area contributed by atoms with E-state index in [0.29, 0.717) is 45.3 Å². The van der Waals surface area contributed by atoms with Crippen molar-refractivity contribution < 1.29 is 9.47 Å². The molecule has 6 heteroatoms.